The molecule has 8 heteroatoms. The number of nitrogens with zero attached hydrogens (tertiary/aromatic N) is 4. The van der Waals surface area contributed by atoms with Gasteiger partial charge >= 0.3 is 56.4 Å². The molecule has 0 aliphatic carbocycles. The molecule has 0 heterocycles. The molecule has 0 aliphatic rings. The van der Waals surface area contributed by atoms with Crippen LogP contribution in [0.3, 0.4) is 0 Å². The summed E-state index contributed by atoms with van der Waals surface area (Å²) in [7, 11) is 26.1. The first-order valence-electron chi connectivity index (χ1n) is 10.1. The summed E-state index contributed by atoms with van der Waals surface area (Å²) < 4.78 is 0. The third-order valence-corrected chi connectivity index (χ3v) is 4.23. The summed E-state index contributed by atoms with van der Waals surface area (Å²) in [6.07, 6.45) is 0. The molecule has 0 atom stereocenters. The van der Waals surface area contributed by atoms with Gasteiger partial charge in [-0.2, -0.15) is 5.56 Å². The van der Waals surface area contributed by atoms with Crippen LogP contribution in [0.2, 0.25) is 0 Å². The molecule has 4 nitrogen and oxygen atoms in total. The maximum absolute atomic E-state index is 4.61. The van der Waals surface area contributed by atoms with Crippen molar-refractivity contribution in [3.05, 3.63) is 58.7 Å². The standard InChI is InChI=1S/C24H36N4.2ClH.2Pt/c1-25(2)15-19-9-20(16-26(3)4)12-23(11-19)24-13-21(17-27(5)6)10-22(14-24)18-28(7)8;;;;/h9-12H,15-18H2,1-8H3;2*1H;;/q-2;;;2*+2/p-2. The minimum absolute atomic E-state index is 0.879. The van der Waals surface area contributed by atoms with E-state index in [1.165, 1.54) is 27.8 Å². The molecule has 2 aromatic carbocycles. The zero-order chi connectivity index (χ0) is 24.8. The maximum atomic E-state index is 4.61. The van der Waals surface area contributed by atoms with Crippen molar-refractivity contribution < 1.29 is 37.5 Å². The normalized spacial score (nSPS) is 10.9. The summed E-state index contributed by atoms with van der Waals surface area (Å²) in [5.41, 5.74) is 7.35. The fraction of sp³-hybridized carbons (Fsp3) is 0.500. The van der Waals surface area contributed by atoms with Crippen molar-refractivity contribution in [3.8, 4) is 11.1 Å². The molecule has 0 amide bonds. The van der Waals surface area contributed by atoms with E-state index in [-0.39, 0.29) is 0 Å². The predicted octanol–water partition coefficient (Wildman–Crippen LogP) is 4.57. The Bertz CT molecular complexity index is 663. The number of rotatable bonds is 9. The second-order valence-electron chi connectivity index (χ2n) is 8.81. The van der Waals surface area contributed by atoms with Gasteiger partial charge in [0.15, 0.2) is 0 Å². The molecule has 0 unspecified atom stereocenters. The molecule has 0 N–H and O–H groups in total. The van der Waals surface area contributed by atoms with Gasteiger partial charge in [-0.3, -0.25) is 17.7 Å². The van der Waals surface area contributed by atoms with Gasteiger partial charge in [0.2, 0.25) is 0 Å². The zero-order valence-electron chi connectivity index (χ0n) is 20.3. The molecule has 0 aromatic heterocycles. The van der Waals surface area contributed by atoms with E-state index in [1.807, 2.05) is 0 Å². The SMILES string of the molecule is CN(C)Cc1[c-]c(-c2cc(CN(C)C)cc(CN(C)C)c2)[c-]c(CN(C)C)c1.[Cl][Pt+].[Cl][Pt+]. The van der Waals surface area contributed by atoms with Gasteiger partial charge in [-0.25, -0.2) is 17.2 Å². The van der Waals surface area contributed by atoms with Crippen LogP contribution in [0.1, 0.15) is 22.3 Å². The van der Waals surface area contributed by atoms with Crippen LogP contribution in [0.5, 0.6) is 0 Å². The van der Waals surface area contributed by atoms with Crippen LogP contribution >= 0.6 is 18.8 Å². The average Bonchev–Trinajstić information content (AvgIpc) is 2.68. The van der Waals surface area contributed by atoms with Crippen LogP contribution in [-0.4, -0.2) is 76.0 Å². The molecular formula is C24H36Cl2N4Pt2. The molecule has 2 rings (SSSR count). The monoisotopic (exact) mass is 840 g/mol. The van der Waals surface area contributed by atoms with Crippen LogP contribution in [0.15, 0.2) is 24.3 Å². The summed E-state index contributed by atoms with van der Waals surface area (Å²) >= 11 is 3.22. The molecule has 32 heavy (non-hydrogen) atoms. The van der Waals surface area contributed by atoms with Crippen LogP contribution in [-0.2, 0) is 63.7 Å². The van der Waals surface area contributed by atoms with E-state index in [0.717, 1.165) is 31.7 Å². The molecule has 0 saturated carbocycles. The molecule has 2 aromatic rings. The Morgan fingerprint density at radius 3 is 1.22 bits per heavy atom. The van der Waals surface area contributed by atoms with Gasteiger partial charge in [0, 0.05) is 13.1 Å². The molecule has 0 spiro atoms. The van der Waals surface area contributed by atoms with Gasteiger partial charge in [0.1, 0.15) is 0 Å². The fourth-order valence-electron chi connectivity index (χ4n) is 3.45. The predicted molar refractivity (Wildman–Crippen MR) is 131 cm³/mol. The molecule has 0 aliphatic heterocycles. The second kappa shape index (κ2) is 17.6. The van der Waals surface area contributed by atoms with Gasteiger partial charge in [-0.05, 0) is 69.5 Å². The summed E-state index contributed by atoms with van der Waals surface area (Å²) in [6.45, 7) is 3.61. The Balaban J connectivity index is 0.00000227. The van der Waals surface area contributed by atoms with Gasteiger partial charge < -0.3 is 19.6 Å². The van der Waals surface area contributed by atoms with Crippen LogP contribution in [0.4, 0.5) is 0 Å². The number of halogens is 2. The summed E-state index contributed by atoms with van der Waals surface area (Å²) in [5, 5.41) is 0. The Hall–Kier alpha value is 0.237. The van der Waals surface area contributed by atoms with Gasteiger partial charge in [-0.15, -0.1) is 12.1 Å². The Morgan fingerprint density at radius 2 is 0.906 bits per heavy atom. The summed E-state index contributed by atoms with van der Waals surface area (Å²) in [6, 6.07) is 16.4. The molecular weight excluding hydrogens is 805 g/mol. The van der Waals surface area contributed by atoms with E-state index in [2.05, 4.69) is 131 Å². The van der Waals surface area contributed by atoms with E-state index in [9.17, 15) is 0 Å². The van der Waals surface area contributed by atoms with Crippen molar-refractivity contribution in [2.45, 2.75) is 26.2 Å². The zero-order valence-corrected chi connectivity index (χ0v) is 26.4. The number of benzene rings is 2. The summed E-state index contributed by atoms with van der Waals surface area (Å²) in [5.74, 6) is 0. The molecule has 0 radical (unpaired) electrons. The van der Waals surface area contributed by atoms with Crippen LogP contribution < -0.4 is 0 Å². The Kier molecular flexibility index (Phi) is 17.8. The van der Waals surface area contributed by atoms with E-state index < -0.39 is 0 Å². The van der Waals surface area contributed by atoms with Crippen molar-refractivity contribution in [2.24, 2.45) is 0 Å². The van der Waals surface area contributed by atoms with E-state index in [1.54, 1.807) is 37.5 Å². The minimum atomic E-state index is 0.879. The van der Waals surface area contributed by atoms with Crippen molar-refractivity contribution in [1.82, 2.24) is 19.6 Å². The Labute approximate surface area is 226 Å². The molecule has 0 bridgehead atoms. The van der Waals surface area contributed by atoms with E-state index >= 15 is 0 Å². The van der Waals surface area contributed by atoms with Gasteiger partial charge in [0.25, 0.3) is 0 Å². The summed E-state index contributed by atoms with van der Waals surface area (Å²) in [4.78, 5) is 8.81. The topological polar surface area (TPSA) is 13.0 Å². The number of hydrogen-bond acceptors (Lipinski definition) is 4. The molecule has 0 fully saturated rings. The van der Waals surface area contributed by atoms with Gasteiger partial charge in [-0.1, -0.05) is 17.2 Å². The average molecular weight is 842 g/mol. The van der Waals surface area contributed by atoms with E-state index in [0.29, 0.717) is 0 Å². The van der Waals surface area contributed by atoms with Crippen molar-refractivity contribution >= 4 is 18.8 Å². The van der Waals surface area contributed by atoms with Gasteiger partial charge in [0.05, 0.1) is 0 Å². The quantitative estimate of drug-likeness (QED) is 0.344. The first-order valence-corrected chi connectivity index (χ1v) is 15.7. The first-order chi connectivity index (χ1) is 15.1. The fourth-order valence-corrected chi connectivity index (χ4v) is 3.45. The molecule has 186 valence electrons. The number of hydrogen-bond donors (Lipinski definition) is 0. The molecule has 0 saturated heterocycles. The second-order valence-corrected chi connectivity index (χ2v) is 8.81. The van der Waals surface area contributed by atoms with Crippen LogP contribution in [0, 0.1) is 12.1 Å². The van der Waals surface area contributed by atoms with Crippen molar-refractivity contribution in [3.63, 3.8) is 0 Å². The first kappa shape index (κ1) is 32.2. The third kappa shape index (κ3) is 13.2. The van der Waals surface area contributed by atoms with Crippen LogP contribution in [0.25, 0.3) is 11.1 Å². The Morgan fingerprint density at radius 1 is 0.562 bits per heavy atom. The van der Waals surface area contributed by atoms with E-state index in [4.69, 9.17) is 0 Å². The third-order valence-electron chi connectivity index (χ3n) is 4.23. The van der Waals surface area contributed by atoms with Crippen molar-refractivity contribution in [2.75, 3.05) is 56.4 Å². The van der Waals surface area contributed by atoms with Crippen molar-refractivity contribution in [1.29, 1.82) is 0 Å².